The highest BCUT2D eigenvalue weighted by atomic mass is 16.5. The molecule has 0 aliphatic carbocycles. The molecule has 27 heavy (non-hydrogen) atoms. The fraction of sp³-hybridized carbons (Fsp3) is 0.200. The molecule has 7 nitrogen and oxygen atoms in total. The Hall–Kier alpha value is -3.48. The highest BCUT2D eigenvalue weighted by Gasteiger charge is 2.18. The molecule has 0 aliphatic heterocycles. The summed E-state index contributed by atoms with van der Waals surface area (Å²) in [5, 5.41) is 4.95. The first-order valence-corrected chi connectivity index (χ1v) is 8.48. The Kier molecular flexibility index (Phi) is 4.19. The van der Waals surface area contributed by atoms with E-state index in [2.05, 4.69) is 15.1 Å². The molecule has 136 valence electrons. The number of rotatable bonds is 4. The maximum absolute atomic E-state index is 12.5. The molecular weight excluding hydrogens is 344 g/mol. The molecule has 0 radical (unpaired) electrons. The van der Waals surface area contributed by atoms with E-state index in [0.29, 0.717) is 12.3 Å². The van der Waals surface area contributed by atoms with Crippen LogP contribution in [0.4, 0.5) is 0 Å². The Morgan fingerprint density at radius 2 is 2.04 bits per heavy atom. The zero-order valence-electron chi connectivity index (χ0n) is 15.3. The van der Waals surface area contributed by atoms with Gasteiger partial charge in [-0.25, -0.2) is 9.97 Å². The van der Waals surface area contributed by atoms with E-state index >= 15 is 0 Å². The van der Waals surface area contributed by atoms with Crippen LogP contribution in [-0.4, -0.2) is 26.8 Å². The molecule has 0 atom stereocenters. The molecule has 4 rings (SSSR count). The Labute approximate surface area is 155 Å². The molecule has 0 bridgehead atoms. The number of ether oxygens (including phenoxy) is 1. The molecule has 0 N–H and O–H groups in total. The van der Waals surface area contributed by atoms with Crippen molar-refractivity contribution < 1.29 is 9.26 Å². The van der Waals surface area contributed by atoms with E-state index in [1.807, 2.05) is 32.0 Å². The summed E-state index contributed by atoms with van der Waals surface area (Å²) < 4.78 is 12.6. The molecule has 7 heteroatoms. The lowest BCUT2D eigenvalue weighted by Gasteiger charge is -2.14. The first-order valence-electron chi connectivity index (χ1n) is 8.48. The number of pyridine rings is 1. The van der Waals surface area contributed by atoms with Crippen molar-refractivity contribution in [1.29, 1.82) is 0 Å². The molecule has 3 heterocycles. The first kappa shape index (κ1) is 17.0. The van der Waals surface area contributed by atoms with Crippen molar-refractivity contribution in [2.75, 3.05) is 7.11 Å². The third-order valence-corrected chi connectivity index (χ3v) is 4.58. The van der Waals surface area contributed by atoms with E-state index in [-0.39, 0.29) is 5.56 Å². The Morgan fingerprint density at radius 3 is 2.70 bits per heavy atom. The number of aryl methyl sites for hydroxylation is 2. The molecule has 4 aromatic rings. The van der Waals surface area contributed by atoms with Crippen LogP contribution >= 0.6 is 0 Å². The fourth-order valence-corrected chi connectivity index (χ4v) is 3.29. The lowest BCUT2D eigenvalue weighted by Crippen LogP contribution is -2.20. The van der Waals surface area contributed by atoms with E-state index in [1.54, 1.807) is 30.0 Å². The molecule has 0 saturated carbocycles. The molecule has 0 amide bonds. The summed E-state index contributed by atoms with van der Waals surface area (Å²) in [6.07, 6.45) is 3.14. The van der Waals surface area contributed by atoms with Gasteiger partial charge in [-0.3, -0.25) is 4.79 Å². The third-order valence-electron chi connectivity index (χ3n) is 4.58. The Bertz CT molecular complexity index is 1160. The SMILES string of the molecule is COc1cc2c(ccc(=O)n2Cc2ccncn2)cc1-c1c(C)noc1C. The highest BCUT2D eigenvalue weighted by molar-refractivity contribution is 5.89. The number of hydrogen-bond donors (Lipinski definition) is 0. The fourth-order valence-electron chi connectivity index (χ4n) is 3.29. The van der Waals surface area contributed by atoms with Crippen LogP contribution in [0.15, 0.2) is 52.2 Å². The Morgan fingerprint density at radius 1 is 1.19 bits per heavy atom. The van der Waals surface area contributed by atoms with Crippen LogP contribution in [0.25, 0.3) is 22.0 Å². The molecular formula is C20H18N4O3. The van der Waals surface area contributed by atoms with Crippen molar-refractivity contribution in [1.82, 2.24) is 19.7 Å². The molecule has 1 aromatic carbocycles. The minimum atomic E-state index is -0.103. The zero-order valence-corrected chi connectivity index (χ0v) is 15.3. The summed E-state index contributed by atoms with van der Waals surface area (Å²) in [7, 11) is 1.61. The smallest absolute Gasteiger partial charge is 0.251 e. The van der Waals surface area contributed by atoms with Gasteiger partial charge < -0.3 is 13.8 Å². The van der Waals surface area contributed by atoms with Gasteiger partial charge in [0.05, 0.1) is 36.1 Å². The van der Waals surface area contributed by atoms with Gasteiger partial charge in [0.25, 0.3) is 5.56 Å². The summed E-state index contributed by atoms with van der Waals surface area (Å²) in [4.78, 5) is 20.7. The molecule has 0 unspecified atom stereocenters. The van der Waals surface area contributed by atoms with Crippen LogP contribution < -0.4 is 10.3 Å². The largest absolute Gasteiger partial charge is 0.496 e. The molecule has 0 saturated heterocycles. The number of hydrogen-bond acceptors (Lipinski definition) is 6. The van der Waals surface area contributed by atoms with Crippen molar-refractivity contribution in [2.45, 2.75) is 20.4 Å². The topological polar surface area (TPSA) is 83.0 Å². The summed E-state index contributed by atoms with van der Waals surface area (Å²) in [6.45, 7) is 4.12. The van der Waals surface area contributed by atoms with Crippen LogP contribution in [0.1, 0.15) is 17.1 Å². The van der Waals surface area contributed by atoms with E-state index in [0.717, 1.165) is 39.2 Å². The normalized spacial score (nSPS) is 11.1. The number of benzene rings is 1. The third kappa shape index (κ3) is 2.97. The average Bonchev–Trinajstić information content (AvgIpc) is 3.02. The number of nitrogens with zero attached hydrogens (tertiary/aromatic N) is 4. The monoisotopic (exact) mass is 362 g/mol. The summed E-state index contributed by atoms with van der Waals surface area (Å²) in [5.41, 5.74) is 4.00. The van der Waals surface area contributed by atoms with Crippen LogP contribution in [0.5, 0.6) is 5.75 Å². The molecule has 0 fully saturated rings. The lowest BCUT2D eigenvalue weighted by molar-refractivity contribution is 0.393. The highest BCUT2D eigenvalue weighted by Crippen LogP contribution is 2.37. The number of methoxy groups -OCH3 is 1. The summed E-state index contributed by atoms with van der Waals surface area (Å²) in [6, 6.07) is 9.04. The van der Waals surface area contributed by atoms with Crippen molar-refractivity contribution >= 4 is 10.9 Å². The van der Waals surface area contributed by atoms with Gasteiger partial charge in [0.2, 0.25) is 0 Å². The van der Waals surface area contributed by atoms with Gasteiger partial charge in [0, 0.05) is 23.9 Å². The number of aromatic nitrogens is 4. The summed E-state index contributed by atoms with van der Waals surface area (Å²) >= 11 is 0. The van der Waals surface area contributed by atoms with Crippen molar-refractivity contribution in [2.24, 2.45) is 0 Å². The van der Waals surface area contributed by atoms with Crippen LogP contribution in [0.3, 0.4) is 0 Å². The van der Waals surface area contributed by atoms with E-state index in [4.69, 9.17) is 9.26 Å². The maximum Gasteiger partial charge on any atom is 0.251 e. The van der Waals surface area contributed by atoms with Gasteiger partial charge >= 0.3 is 0 Å². The van der Waals surface area contributed by atoms with Gasteiger partial charge in [-0.2, -0.15) is 0 Å². The zero-order chi connectivity index (χ0) is 19.0. The van der Waals surface area contributed by atoms with E-state index in [1.165, 1.54) is 6.33 Å². The minimum Gasteiger partial charge on any atom is -0.496 e. The first-order chi connectivity index (χ1) is 13.1. The van der Waals surface area contributed by atoms with Gasteiger partial charge in [-0.15, -0.1) is 0 Å². The van der Waals surface area contributed by atoms with Crippen LogP contribution in [-0.2, 0) is 6.54 Å². The molecule has 3 aromatic heterocycles. The Balaban J connectivity index is 1.94. The minimum absolute atomic E-state index is 0.103. The maximum atomic E-state index is 12.5. The second-order valence-electron chi connectivity index (χ2n) is 6.27. The van der Waals surface area contributed by atoms with Crippen LogP contribution in [0.2, 0.25) is 0 Å². The van der Waals surface area contributed by atoms with E-state index < -0.39 is 0 Å². The summed E-state index contributed by atoms with van der Waals surface area (Å²) in [5.74, 6) is 1.37. The van der Waals surface area contributed by atoms with E-state index in [9.17, 15) is 4.79 Å². The van der Waals surface area contributed by atoms with Crippen molar-refractivity contribution in [3.05, 3.63) is 70.4 Å². The quantitative estimate of drug-likeness (QED) is 0.555. The van der Waals surface area contributed by atoms with Gasteiger partial charge in [0.15, 0.2) is 0 Å². The van der Waals surface area contributed by atoms with Crippen LogP contribution in [0, 0.1) is 13.8 Å². The predicted molar refractivity (Wildman–Crippen MR) is 101 cm³/mol. The average molecular weight is 362 g/mol. The van der Waals surface area contributed by atoms with Gasteiger partial charge in [-0.05, 0) is 37.4 Å². The van der Waals surface area contributed by atoms with Gasteiger partial charge in [0.1, 0.15) is 17.8 Å². The standard InChI is InChI=1S/C20H18N4O3/c1-12-20(13(2)27-23-12)16-8-14-4-5-19(25)24(17(14)9-18(16)26-3)10-15-6-7-21-11-22-15/h4-9,11H,10H2,1-3H3. The second-order valence-corrected chi connectivity index (χ2v) is 6.27. The predicted octanol–water partition coefficient (Wildman–Crippen LogP) is 3.12. The number of fused-ring (bicyclic) bond motifs is 1. The van der Waals surface area contributed by atoms with Gasteiger partial charge in [-0.1, -0.05) is 5.16 Å². The molecule has 0 aliphatic rings. The van der Waals surface area contributed by atoms with Crippen molar-refractivity contribution in [3.63, 3.8) is 0 Å². The lowest BCUT2D eigenvalue weighted by atomic mass is 10.0. The molecule has 0 spiro atoms. The second kappa shape index (κ2) is 6.68. The van der Waals surface area contributed by atoms with Crippen molar-refractivity contribution in [3.8, 4) is 16.9 Å².